The van der Waals surface area contributed by atoms with Crippen LogP contribution in [-0.2, 0) is 9.59 Å². The lowest BCUT2D eigenvalue weighted by Gasteiger charge is -2.24. The maximum atomic E-state index is 11.7. The minimum Gasteiger partial charge on any atom is -0.352 e. The quantitative estimate of drug-likeness (QED) is 0.592. The van der Waals surface area contributed by atoms with Crippen molar-refractivity contribution in [3.63, 3.8) is 0 Å². The fraction of sp³-hybridized carbons (Fsp3) is 0.818. The van der Waals surface area contributed by atoms with Gasteiger partial charge in [0.05, 0.1) is 12.1 Å². The first-order chi connectivity index (χ1) is 7.51. The van der Waals surface area contributed by atoms with Gasteiger partial charge in [-0.15, -0.1) is 0 Å². The Labute approximate surface area is 96.1 Å². The molecule has 0 unspecified atom stereocenters. The Bertz CT molecular complexity index is 270. The molecule has 1 rings (SSSR count). The summed E-state index contributed by atoms with van der Waals surface area (Å²) < 4.78 is 0. The van der Waals surface area contributed by atoms with Gasteiger partial charge in [0.2, 0.25) is 11.8 Å². The largest absolute Gasteiger partial charge is 0.352 e. The summed E-state index contributed by atoms with van der Waals surface area (Å²) in [5.41, 5.74) is 5.05. The molecule has 1 aliphatic rings. The van der Waals surface area contributed by atoms with Crippen molar-refractivity contribution in [2.45, 2.75) is 51.1 Å². The topological polar surface area (TPSA) is 84.2 Å². The molecule has 4 N–H and O–H groups in total. The van der Waals surface area contributed by atoms with Gasteiger partial charge in [-0.2, -0.15) is 0 Å². The van der Waals surface area contributed by atoms with E-state index in [1.54, 1.807) is 0 Å². The number of amides is 2. The maximum Gasteiger partial charge on any atom is 0.240 e. The Morgan fingerprint density at radius 3 is 2.31 bits per heavy atom. The minimum atomic E-state index is -0.847. The molecule has 1 saturated carbocycles. The van der Waals surface area contributed by atoms with Gasteiger partial charge in [0.15, 0.2) is 0 Å². The molecule has 0 aliphatic heterocycles. The van der Waals surface area contributed by atoms with E-state index < -0.39 is 5.54 Å². The normalized spacial score (nSPS) is 15.7. The number of nitrogens with one attached hydrogen (secondary N) is 2. The molecule has 0 atom stereocenters. The van der Waals surface area contributed by atoms with E-state index in [1.807, 2.05) is 13.8 Å². The number of hydrogen-bond donors (Lipinski definition) is 3. The molecule has 0 aromatic rings. The van der Waals surface area contributed by atoms with Gasteiger partial charge in [-0.3, -0.25) is 9.59 Å². The molecule has 0 aromatic heterocycles. The van der Waals surface area contributed by atoms with Crippen LogP contribution in [0.1, 0.15) is 39.5 Å². The van der Waals surface area contributed by atoms with Crippen LogP contribution in [0.5, 0.6) is 0 Å². The number of carbonyl (C=O) groups is 2. The van der Waals surface area contributed by atoms with Crippen molar-refractivity contribution in [3.05, 3.63) is 0 Å². The Kier molecular flexibility index (Phi) is 4.29. The van der Waals surface area contributed by atoms with E-state index in [1.165, 1.54) is 0 Å². The smallest absolute Gasteiger partial charge is 0.240 e. The second-order valence-corrected chi connectivity index (χ2v) is 4.39. The van der Waals surface area contributed by atoms with Crippen molar-refractivity contribution in [2.24, 2.45) is 5.73 Å². The highest BCUT2D eigenvalue weighted by atomic mass is 16.2. The Hall–Kier alpha value is -1.10. The van der Waals surface area contributed by atoms with E-state index in [-0.39, 0.29) is 18.4 Å². The Morgan fingerprint density at radius 1 is 1.31 bits per heavy atom. The van der Waals surface area contributed by atoms with Crippen LogP contribution in [0.25, 0.3) is 0 Å². The van der Waals surface area contributed by atoms with Gasteiger partial charge >= 0.3 is 0 Å². The molecule has 1 fully saturated rings. The van der Waals surface area contributed by atoms with Gasteiger partial charge < -0.3 is 16.4 Å². The highest BCUT2D eigenvalue weighted by Crippen LogP contribution is 2.18. The van der Waals surface area contributed by atoms with Gasteiger partial charge in [0.1, 0.15) is 0 Å². The molecule has 0 radical (unpaired) electrons. The number of hydrogen-bond acceptors (Lipinski definition) is 3. The van der Waals surface area contributed by atoms with Gasteiger partial charge in [-0.25, -0.2) is 0 Å². The summed E-state index contributed by atoms with van der Waals surface area (Å²) in [6.45, 7) is 3.76. The summed E-state index contributed by atoms with van der Waals surface area (Å²) in [5, 5.41) is 5.38. The summed E-state index contributed by atoms with van der Waals surface area (Å²) in [6.07, 6.45) is 3.23. The average molecular weight is 227 g/mol. The molecular weight excluding hydrogens is 206 g/mol. The predicted octanol–water partition coefficient (Wildman–Crippen LogP) is -0.101. The molecule has 0 spiro atoms. The highest BCUT2D eigenvalue weighted by molar-refractivity contribution is 5.90. The van der Waals surface area contributed by atoms with E-state index in [2.05, 4.69) is 10.6 Å². The first-order valence-corrected chi connectivity index (χ1v) is 5.88. The maximum absolute atomic E-state index is 11.7. The lowest BCUT2D eigenvalue weighted by atomic mass is 9.93. The minimum absolute atomic E-state index is 0.0221. The van der Waals surface area contributed by atoms with Crippen LogP contribution in [-0.4, -0.2) is 29.9 Å². The Morgan fingerprint density at radius 2 is 1.88 bits per heavy atom. The SMILES string of the molecule is CCC(N)(CC)C(=O)NCC(=O)NC1CC1. The standard InChI is InChI=1S/C11H21N3O2/c1-3-11(12,4-2)10(16)13-7-9(15)14-8-5-6-8/h8H,3-7,12H2,1-2H3,(H,13,16)(H,14,15). The summed E-state index contributed by atoms with van der Waals surface area (Å²) >= 11 is 0. The fourth-order valence-electron chi connectivity index (χ4n) is 1.41. The highest BCUT2D eigenvalue weighted by Gasteiger charge is 2.30. The Balaban J connectivity index is 2.29. The van der Waals surface area contributed by atoms with Crippen LogP contribution >= 0.6 is 0 Å². The summed E-state index contributed by atoms with van der Waals surface area (Å²) in [4.78, 5) is 23.1. The second-order valence-electron chi connectivity index (χ2n) is 4.39. The molecule has 5 nitrogen and oxygen atoms in total. The lowest BCUT2D eigenvalue weighted by Crippen LogP contribution is -2.54. The molecule has 2 amide bonds. The second kappa shape index (κ2) is 5.30. The first kappa shape index (κ1) is 13.0. The molecule has 1 aliphatic carbocycles. The van der Waals surface area contributed by atoms with Crippen LogP contribution in [0.4, 0.5) is 0 Å². The molecule has 0 saturated heterocycles. The van der Waals surface area contributed by atoms with E-state index >= 15 is 0 Å². The molecule has 0 aromatic carbocycles. The van der Waals surface area contributed by atoms with Crippen molar-refractivity contribution < 1.29 is 9.59 Å². The summed E-state index contributed by atoms with van der Waals surface area (Å²) in [5.74, 6) is -0.381. The molecule has 5 heteroatoms. The zero-order valence-electron chi connectivity index (χ0n) is 10.0. The van der Waals surface area contributed by atoms with Crippen molar-refractivity contribution in [3.8, 4) is 0 Å². The fourth-order valence-corrected chi connectivity index (χ4v) is 1.41. The van der Waals surface area contributed by atoms with Gasteiger partial charge in [-0.05, 0) is 25.7 Å². The average Bonchev–Trinajstić information content (AvgIpc) is 3.08. The zero-order chi connectivity index (χ0) is 12.2. The number of nitrogens with two attached hydrogens (primary N) is 1. The molecule has 0 heterocycles. The third-order valence-electron chi connectivity index (χ3n) is 3.07. The monoisotopic (exact) mass is 227 g/mol. The van der Waals surface area contributed by atoms with Crippen LogP contribution in [0.3, 0.4) is 0 Å². The van der Waals surface area contributed by atoms with Crippen molar-refractivity contribution in [1.29, 1.82) is 0 Å². The third-order valence-corrected chi connectivity index (χ3v) is 3.07. The van der Waals surface area contributed by atoms with E-state index in [0.717, 1.165) is 12.8 Å². The number of rotatable bonds is 6. The van der Waals surface area contributed by atoms with Crippen LogP contribution in [0.2, 0.25) is 0 Å². The van der Waals surface area contributed by atoms with Gasteiger partial charge in [0, 0.05) is 6.04 Å². The molecule has 0 bridgehead atoms. The van der Waals surface area contributed by atoms with Crippen molar-refractivity contribution in [1.82, 2.24) is 10.6 Å². The summed E-state index contributed by atoms with van der Waals surface area (Å²) in [6, 6.07) is 0.324. The van der Waals surface area contributed by atoms with E-state index in [4.69, 9.17) is 5.73 Å². The van der Waals surface area contributed by atoms with Gasteiger partial charge in [-0.1, -0.05) is 13.8 Å². The molecule has 92 valence electrons. The lowest BCUT2D eigenvalue weighted by molar-refractivity contribution is -0.129. The first-order valence-electron chi connectivity index (χ1n) is 5.88. The zero-order valence-corrected chi connectivity index (χ0v) is 10.0. The van der Waals surface area contributed by atoms with Crippen LogP contribution < -0.4 is 16.4 Å². The third kappa shape index (κ3) is 3.48. The molecule has 16 heavy (non-hydrogen) atoms. The van der Waals surface area contributed by atoms with Crippen LogP contribution in [0.15, 0.2) is 0 Å². The van der Waals surface area contributed by atoms with E-state index in [0.29, 0.717) is 18.9 Å². The predicted molar refractivity (Wildman–Crippen MR) is 61.7 cm³/mol. The van der Waals surface area contributed by atoms with Crippen molar-refractivity contribution in [2.75, 3.05) is 6.54 Å². The van der Waals surface area contributed by atoms with Gasteiger partial charge in [0.25, 0.3) is 0 Å². The van der Waals surface area contributed by atoms with Crippen molar-refractivity contribution >= 4 is 11.8 Å². The molecular formula is C11H21N3O2. The number of carbonyl (C=O) groups excluding carboxylic acids is 2. The van der Waals surface area contributed by atoms with E-state index in [9.17, 15) is 9.59 Å². The summed E-state index contributed by atoms with van der Waals surface area (Å²) in [7, 11) is 0. The van der Waals surface area contributed by atoms with Crippen LogP contribution in [0, 0.1) is 0 Å².